The average Bonchev–Trinajstić information content (AvgIpc) is 2.75. The van der Waals surface area contributed by atoms with Gasteiger partial charge < -0.3 is 10.1 Å². The van der Waals surface area contributed by atoms with E-state index in [9.17, 15) is 13.2 Å². The zero-order valence-electron chi connectivity index (χ0n) is 10.8. The molecule has 0 saturated heterocycles. The number of para-hydroxylation sites is 1. The summed E-state index contributed by atoms with van der Waals surface area (Å²) in [5.74, 6) is -0.187. The Kier molecular flexibility index (Phi) is 4.29. The Hall–Kier alpha value is -2.02. The van der Waals surface area contributed by atoms with E-state index in [1.54, 1.807) is 30.1 Å². The van der Waals surface area contributed by atoms with Crippen LogP contribution >= 0.6 is 0 Å². The topological polar surface area (TPSA) is 39.1 Å². The van der Waals surface area contributed by atoms with Crippen LogP contribution in [0.15, 0.2) is 36.5 Å². The summed E-state index contributed by atoms with van der Waals surface area (Å²) in [5, 5.41) is 7.20. The Morgan fingerprint density at radius 1 is 1.20 bits per heavy atom. The number of hydrogen-bond acceptors (Lipinski definition) is 3. The summed E-state index contributed by atoms with van der Waals surface area (Å²) in [5.41, 5.74) is 1.27. The molecule has 0 spiro atoms. The third-order valence-corrected chi connectivity index (χ3v) is 2.59. The highest BCUT2D eigenvalue weighted by atomic mass is 19.4. The van der Waals surface area contributed by atoms with Crippen molar-refractivity contribution in [3.8, 4) is 5.75 Å². The molecular weight excluding hydrogens is 271 g/mol. The molecule has 1 heterocycles. The average molecular weight is 285 g/mol. The van der Waals surface area contributed by atoms with Crippen LogP contribution in [0, 0.1) is 0 Å². The van der Waals surface area contributed by atoms with Crippen molar-refractivity contribution in [3.05, 3.63) is 47.8 Å². The lowest BCUT2D eigenvalue weighted by atomic mass is 10.2. The maximum atomic E-state index is 12.3. The lowest BCUT2D eigenvalue weighted by Crippen LogP contribution is -2.20. The summed E-state index contributed by atoms with van der Waals surface area (Å²) < 4.78 is 42.4. The lowest BCUT2D eigenvalue weighted by molar-refractivity contribution is -0.274. The molecule has 2 aromatic rings. The maximum Gasteiger partial charge on any atom is 0.573 e. The Bertz CT molecular complexity index is 566. The second-order valence-corrected chi connectivity index (χ2v) is 4.24. The van der Waals surface area contributed by atoms with Crippen molar-refractivity contribution in [1.82, 2.24) is 15.1 Å². The molecule has 2 rings (SSSR count). The van der Waals surface area contributed by atoms with Crippen molar-refractivity contribution in [1.29, 1.82) is 0 Å². The molecule has 0 aliphatic rings. The van der Waals surface area contributed by atoms with E-state index in [4.69, 9.17) is 0 Å². The Labute approximate surface area is 114 Å². The molecule has 0 aliphatic heterocycles. The first-order valence-corrected chi connectivity index (χ1v) is 5.97. The predicted molar refractivity (Wildman–Crippen MR) is 66.9 cm³/mol. The Morgan fingerprint density at radius 3 is 2.60 bits per heavy atom. The van der Waals surface area contributed by atoms with Crippen LogP contribution in [-0.4, -0.2) is 16.1 Å². The fourth-order valence-corrected chi connectivity index (χ4v) is 1.76. The number of halogens is 3. The highest BCUT2D eigenvalue weighted by Crippen LogP contribution is 2.26. The molecule has 0 aliphatic carbocycles. The van der Waals surface area contributed by atoms with Gasteiger partial charge in [-0.3, -0.25) is 4.68 Å². The monoisotopic (exact) mass is 285 g/mol. The summed E-state index contributed by atoms with van der Waals surface area (Å²) in [6.45, 7) is 0.740. The van der Waals surface area contributed by atoms with Crippen molar-refractivity contribution in [3.63, 3.8) is 0 Å². The molecule has 1 aromatic carbocycles. The highest BCUT2D eigenvalue weighted by Gasteiger charge is 2.31. The van der Waals surface area contributed by atoms with Crippen LogP contribution in [0.25, 0.3) is 0 Å². The number of nitrogens with one attached hydrogen (secondary N) is 1. The second kappa shape index (κ2) is 5.96. The van der Waals surface area contributed by atoms with Gasteiger partial charge in [-0.25, -0.2) is 0 Å². The van der Waals surface area contributed by atoms with E-state index in [1.807, 2.05) is 6.07 Å². The van der Waals surface area contributed by atoms with E-state index in [0.29, 0.717) is 12.1 Å². The number of ether oxygens (including phenoxy) is 1. The van der Waals surface area contributed by atoms with Gasteiger partial charge in [-0.15, -0.1) is 13.2 Å². The molecule has 0 amide bonds. The van der Waals surface area contributed by atoms with E-state index in [-0.39, 0.29) is 12.3 Å². The molecule has 1 N–H and O–H groups in total. The molecule has 0 fully saturated rings. The molecule has 4 nitrogen and oxygen atoms in total. The number of alkyl halides is 3. The minimum Gasteiger partial charge on any atom is -0.405 e. The van der Waals surface area contributed by atoms with Gasteiger partial charge in [-0.2, -0.15) is 5.10 Å². The van der Waals surface area contributed by atoms with E-state index in [1.165, 1.54) is 12.1 Å². The molecule has 108 valence electrons. The minimum absolute atomic E-state index is 0.187. The lowest BCUT2D eigenvalue weighted by Gasteiger charge is -2.13. The Morgan fingerprint density at radius 2 is 1.95 bits per heavy atom. The van der Waals surface area contributed by atoms with Crippen LogP contribution in [0.4, 0.5) is 13.2 Å². The smallest absolute Gasteiger partial charge is 0.405 e. The van der Waals surface area contributed by atoms with Crippen LogP contribution in [0.5, 0.6) is 5.75 Å². The number of aryl methyl sites for hydroxylation is 1. The van der Waals surface area contributed by atoms with Gasteiger partial charge >= 0.3 is 6.36 Å². The quantitative estimate of drug-likeness (QED) is 0.918. The zero-order chi connectivity index (χ0) is 14.6. The van der Waals surface area contributed by atoms with Crippen molar-refractivity contribution in [2.24, 2.45) is 7.05 Å². The third kappa shape index (κ3) is 4.27. The van der Waals surface area contributed by atoms with Crippen LogP contribution in [-0.2, 0) is 20.1 Å². The maximum absolute atomic E-state index is 12.3. The highest BCUT2D eigenvalue weighted by molar-refractivity contribution is 5.33. The van der Waals surface area contributed by atoms with Crippen LogP contribution in [0.1, 0.15) is 11.3 Å². The Balaban J connectivity index is 1.95. The largest absolute Gasteiger partial charge is 0.573 e. The molecule has 0 atom stereocenters. The van der Waals surface area contributed by atoms with Crippen LogP contribution in [0.3, 0.4) is 0 Å². The molecule has 7 heteroatoms. The van der Waals surface area contributed by atoms with Gasteiger partial charge in [0, 0.05) is 31.9 Å². The minimum atomic E-state index is -4.68. The standard InChI is InChI=1S/C13H14F3N3O/c1-19-7-6-11(18-19)9-17-8-10-4-2-3-5-12(10)20-13(14,15)16/h2-7,17H,8-9H2,1H3. The summed E-state index contributed by atoms with van der Waals surface area (Å²) in [4.78, 5) is 0. The number of hydrogen-bond donors (Lipinski definition) is 1. The molecule has 1 aromatic heterocycles. The number of aromatic nitrogens is 2. The fourth-order valence-electron chi connectivity index (χ4n) is 1.76. The van der Waals surface area contributed by atoms with Crippen LogP contribution in [0.2, 0.25) is 0 Å². The van der Waals surface area contributed by atoms with E-state index >= 15 is 0 Å². The number of nitrogens with zero attached hydrogens (tertiary/aromatic N) is 2. The molecule has 0 unspecified atom stereocenters. The predicted octanol–water partition coefficient (Wildman–Crippen LogP) is 2.61. The van der Waals surface area contributed by atoms with Gasteiger partial charge in [-0.05, 0) is 12.1 Å². The molecule has 0 saturated carbocycles. The van der Waals surface area contributed by atoms with E-state index in [0.717, 1.165) is 5.69 Å². The summed E-state index contributed by atoms with van der Waals surface area (Å²) in [6.07, 6.45) is -2.88. The van der Waals surface area contributed by atoms with Gasteiger partial charge in [0.05, 0.1) is 5.69 Å². The first-order valence-electron chi connectivity index (χ1n) is 5.97. The molecular formula is C13H14F3N3O. The number of rotatable bonds is 5. The third-order valence-electron chi connectivity index (χ3n) is 2.59. The van der Waals surface area contributed by atoms with Crippen molar-refractivity contribution in [2.45, 2.75) is 19.5 Å². The van der Waals surface area contributed by atoms with E-state index in [2.05, 4.69) is 15.2 Å². The van der Waals surface area contributed by atoms with Crippen molar-refractivity contribution < 1.29 is 17.9 Å². The first kappa shape index (κ1) is 14.4. The van der Waals surface area contributed by atoms with Gasteiger partial charge in [0.25, 0.3) is 0 Å². The van der Waals surface area contributed by atoms with Gasteiger partial charge in [0.2, 0.25) is 0 Å². The van der Waals surface area contributed by atoms with Crippen LogP contribution < -0.4 is 10.1 Å². The molecule has 0 radical (unpaired) electrons. The molecule has 0 bridgehead atoms. The molecule has 20 heavy (non-hydrogen) atoms. The first-order chi connectivity index (χ1) is 9.44. The van der Waals surface area contributed by atoms with Gasteiger partial charge in [-0.1, -0.05) is 18.2 Å². The number of benzene rings is 1. The van der Waals surface area contributed by atoms with Crippen molar-refractivity contribution in [2.75, 3.05) is 0 Å². The summed E-state index contributed by atoms with van der Waals surface area (Å²) in [7, 11) is 1.80. The fraction of sp³-hybridized carbons (Fsp3) is 0.308. The van der Waals surface area contributed by atoms with E-state index < -0.39 is 6.36 Å². The SMILES string of the molecule is Cn1ccc(CNCc2ccccc2OC(F)(F)F)n1. The normalized spacial score (nSPS) is 11.6. The summed E-state index contributed by atoms with van der Waals surface area (Å²) in [6, 6.07) is 7.90. The van der Waals surface area contributed by atoms with Crippen molar-refractivity contribution >= 4 is 0 Å². The zero-order valence-corrected chi connectivity index (χ0v) is 10.8. The van der Waals surface area contributed by atoms with Gasteiger partial charge in [0.1, 0.15) is 5.75 Å². The van der Waals surface area contributed by atoms with Gasteiger partial charge in [0.15, 0.2) is 0 Å². The second-order valence-electron chi connectivity index (χ2n) is 4.24. The summed E-state index contributed by atoms with van der Waals surface area (Å²) >= 11 is 0.